The van der Waals surface area contributed by atoms with Gasteiger partial charge in [-0.15, -0.1) is 0 Å². The second-order valence-electron chi connectivity index (χ2n) is 26.2. The molecule has 0 amide bonds. The molecular formula is C91H70N4. The molecule has 0 atom stereocenters. The molecule has 14 aromatic carbocycles. The third kappa shape index (κ3) is 9.66. The molecule has 2 heterocycles. The average molecular weight is 1220 g/mol. The highest BCUT2D eigenvalue weighted by molar-refractivity contribution is 6.13. The van der Waals surface area contributed by atoms with Crippen LogP contribution in [0.5, 0.6) is 0 Å². The number of rotatable bonds is 12. The van der Waals surface area contributed by atoms with Gasteiger partial charge in [-0.3, -0.25) is 0 Å². The predicted octanol–water partition coefficient (Wildman–Crippen LogP) is 24.4. The fourth-order valence-corrected chi connectivity index (χ4v) is 15.2. The molecule has 0 spiro atoms. The van der Waals surface area contributed by atoms with Crippen molar-refractivity contribution in [3.05, 3.63) is 371 Å². The minimum Gasteiger partial charge on any atom is -0.311 e. The second kappa shape index (κ2) is 22.8. The van der Waals surface area contributed by atoms with E-state index in [-0.39, 0.29) is 0 Å². The molecule has 17 rings (SSSR count). The van der Waals surface area contributed by atoms with E-state index in [2.05, 4.69) is 376 Å². The Morgan fingerprint density at radius 1 is 0.232 bits per heavy atom. The molecule has 2 aromatic heterocycles. The molecule has 4 nitrogen and oxygen atoms in total. The van der Waals surface area contributed by atoms with Crippen molar-refractivity contribution in [3.8, 4) is 44.8 Å². The van der Waals surface area contributed by atoms with Crippen molar-refractivity contribution in [3.63, 3.8) is 0 Å². The van der Waals surface area contributed by atoms with E-state index < -0.39 is 5.41 Å². The molecule has 0 saturated carbocycles. The van der Waals surface area contributed by atoms with Gasteiger partial charge in [0, 0.05) is 67.0 Å². The molecular weight excluding hydrogens is 1150 g/mol. The zero-order valence-electron chi connectivity index (χ0n) is 54.3. The number of benzene rings is 14. The predicted molar refractivity (Wildman–Crippen MR) is 401 cm³/mol. The first-order chi connectivity index (χ1) is 46.5. The van der Waals surface area contributed by atoms with Crippen LogP contribution in [0, 0.1) is 41.5 Å². The molecule has 0 saturated heterocycles. The lowest BCUT2D eigenvalue weighted by Gasteiger charge is -2.35. The van der Waals surface area contributed by atoms with Crippen molar-refractivity contribution in [2.75, 3.05) is 9.80 Å². The molecule has 1 aliphatic carbocycles. The molecule has 0 radical (unpaired) electrons. The maximum atomic E-state index is 2.53. The molecule has 0 N–H and O–H groups in total. The van der Waals surface area contributed by atoms with Crippen LogP contribution in [0.15, 0.2) is 315 Å². The minimum absolute atomic E-state index is 0.670. The summed E-state index contributed by atoms with van der Waals surface area (Å²) in [7, 11) is 0. The Labute approximate surface area is 556 Å². The highest BCUT2D eigenvalue weighted by Gasteiger charge is 2.47. The summed E-state index contributed by atoms with van der Waals surface area (Å²) >= 11 is 0. The highest BCUT2D eigenvalue weighted by Crippen LogP contribution is 2.58. The Bertz CT molecular complexity index is 5470. The third-order valence-corrected chi connectivity index (χ3v) is 20.0. The van der Waals surface area contributed by atoms with Crippen LogP contribution in [-0.2, 0) is 5.41 Å². The SMILES string of the molecule is Cc1ccc(N(c2ccc(C)cc2)c2ccc(-c3ccc(-n4c5cc(C)ccc5c5ccc(-c6ccc7c8ccc(C)cc8n(-c8ccc9c(c8)C(c8ccccc8)(c8ccccc8)c8cc(N(c%10ccc(C)cc%10)c%10ccc(C)cc%10)ccc8-9)c7c6)cc54)cc3)cc2)cc1. The van der Waals surface area contributed by atoms with E-state index in [0.29, 0.717) is 0 Å². The number of fused-ring (bicyclic) bond motifs is 9. The van der Waals surface area contributed by atoms with Crippen LogP contribution in [0.1, 0.15) is 55.6 Å². The van der Waals surface area contributed by atoms with Gasteiger partial charge < -0.3 is 18.9 Å². The normalized spacial score (nSPS) is 12.4. The van der Waals surface area contributed by atoms with Crippen LogP contribution in [0.3, 0.4) is 0 Å². The van der Waals surface area contributed by atoms with E-state index in [9.17, 15) is 0 Å². The van der Waals surface area contributed by atoms with E-state index in [1.54, 1.807) is 0 Å². The van der Waals surface area contributed by atoms with E-state index in [1.165, 1.54) is 116 Å². The Morgan fingerprint density at radius 2 is 0.537 bits per heavy atom. The molecule has 95 heavy (non-hydrogen) atoms. The Hall–Kier alpha value is -11.7. The highest BCUT2D eigenvalue weighted by atomic mass is 15.1. The smallest absolute Gasteiger partial charge is 0.0715 e. The fraction of sp³-hybridized carbons (Fsp3) is 0.0769. The van der Waals surface area contributed by atoms with Gasteiger partial charge in [-0.2, -0.15) is 0 Å². The van der Waals surface area contributed by atoms with Gasteiger partial charge in [0.25, 0.3) is 0 Å². The first-order valence-corrected chi connectivity index (χ1v) is 33.1. The molecule has 0 fully saturated rings. The van der Waals surface area contributed by atoms with Gasteiger partial charge in [-0.25, -0.2) is 0 Å². The fourth-order valence-electron chi connectivity index (χ4n) is 15.2. The van der Waals surface area contributed by atoms with Crippen LogP contribution in [-0.4, -0.2) is 9.13 Å². The molecule has 0 aliphatic heterocycles. The van der Waals surface area contributed by atoms with Gasteiger partial charge in [-0.05, 0) is 230 Å². The number of aryl methyl sites for hydroxylation is 6. The van der Waals surface area contributed by atoms with Crippen LogP contribution < -0.4 is 9.80 Å². The number of hydrogen-bond acceptors (Lipinski definition) is 2. The maximum absolute atomic E-state index is 2.53. The Balaban J connectivity index is 0.788. The quantitative estimate of drug-likeness (QED) is 0.121. The van der Waals surface area contributed by atoms with Crippen LogP contribution in [0.2, 0.25) is 0 Å². The van der Waals surface area contributed by atoms with Crippen molar-refractivity contribution in [1.29, 1.82) is 0 Å². The second-order valence-corrected chi connectivity index (χ2v) is 26.2. The Morgan fingerprint density at radius 3 is 0.968 bits per heavy atom. The summed E-state index contributed by atoms with van der Waals surface area (Å²) in [5.74, 6) is 0. The number of anilines is 6. The van der Waals surface area contributed by atoms with Gasteiger partial charge in [0.05, 0.1) is 27.5 Å². The molecule has 16 aromatic rings. The zero-order valence-corrected chi connectivity index (χ0v) is 54.3. The average Bonchev–Trinajstić information content (AvgIpc) is 1.55. The first-order valence-electron chi connectivity index (χ1n) is 33.1. The molecule has 4 heteroatoms. The van der Waals surface area contributed by atoms with Crippen LogP contribution in [0.25, 0.3) is 88.4 Å². The van der Waals surface area contributed by atoms with Crippen molar-refractivity contribution < 1.29 is 0 Å². The Kier molecular flexibility index (Phi) is 13.8. The van der Waals surface area contributed by atoms with Gasteiger partial charge in [0.1, 0.15) is 0 Å². The van der Waals surface area contributed by atoms with Crippen LogP contribution in [0.4, 0.5) is 34.1 Å². The van der Waals surface area contributed by atoms with Crippen molar-refractivity contribution in [2.45, 2.75) is 47.0 Å². The zero-order chi connectivity index (χ0) is 64.1. The monoisotopic (exact) mass is 1220 g/mol. The summed E-state index contributed by atoms with van der Waals surface area (Å²) < 4.78 is 5.00. The van der Waals surface area contributed by atoms with Gasteiger partial charge in [0.15, 0.2) is 0 Å². The van der Waals surface area contributed by atoms with E-state index >= 15 is 0 Å². The summed E-state index contributed by atoms with van der Waals surface area (Å²) in [6.07, 6.45) is 0. The number of hydrogen-bond donors (Lipinski definition) is 0. The van der Waals surface area contributed by atoms with E-state index in [4.69, 9.17) is 0 Å². The summed E-state index contributed by atoms with van der Waals surface area (Å²) in [5, 5.41) is 4.91. The van der Waals surface area contributed by atoms with E-state index in [0.717, 1.165) is 62.1 Å². The maximum Gasteiger partial charge on any atom is 0.0715 e. The molecule has 1 aliphatic rings. The lowest BCUT2D eigenvalue weighted by Crippen LogP contribution is -2.29. The summed E-state index contributed by atoms with van der Waals surface area (Å²) in [6, 6.07) is 118. The van der Waals surface area contributed by atoms with Gasteiger partial charge in [-0.1, -0.05) is 216 Å². The van der Waals surface area contributed by atoms with Crippen molar-refractivity contribution >= 4 is 77.7 Å². The number of aromatic nitrogens is 2. The van der Waals surface area contributed by atoms with Crippen molar-refractivity contribution in [1.82, 2.24) is 9.13 Å². The number of nitrogens with zero attached hydrogens (tertiary/aromatic N) is 4. The van der Waals surface area contributed by atoms with Gasteiger partial charge >= 0.3 is 0 Å². The van der Waals surface area contributed by atoms with Gasteiger partial charge in [0.2, 0.25) is 0 Å². The lowest BCUT2D eigenvalue weighted by atomic mass is 9.67. The standard InChI is InChI=1S/C91H70N4/c1-59-17-33-71(34-18-59)92(72-35-19-60(2)20-36-72)75-41-27-65(28-42-75)66-29-43-76(44-30-66)94-87-53-63(5)25-47-81(87)83-49-31-67(55-89(83)94)68-32-50-84-82-48-26-64(6)54-88(82)95(90(84)56-68)78-46-52-80-79-51-45-77(93(73-37-21-61(3)22-38-73)74-39-23-62(4)24-40-74)57-85(79)91(86(80)58-78,69-13-9-7-10-14-69)70-15-11-8-12-16-70/h7-58H,1-6H3. The molecule has 454 valence electrons. The summed E-state index contributed by atoms with van der Waals surface area (Å²) in [5.41, 5.74) is 32.5. The summed E-state index contributed by atoms with van der Waals surface area (Å²) in [6.45, 7) is 13.0. The van der Waals surface area contributed by atoms with E-state index in [1.807, 2.05) is 0 Å². The summed E-state index contributed by atoms with van der Waals surface area (Å²) in [4.78, 5) is 4.75. The third-order valence-electron chi connectivity index (χ3n) is 20.0. The molecule has 0 bridgehead atoms. The van der Waals surface area contributed by atoms with Crippen LogP contribution >= 0.6 is 0 Å². The lowest BCUT2D eigenvalue weighted by molar-refractivity contribution is 0.767. The molecule has 0 unspecified atom stereocenters. The largest absolute Gasteiger partial charge is 0.311 e. The van der Waals surface area contributed by atoms with Crippen molar-refractivity contribution in [2.24, 2.45) is 0 Å². The topological polar surface area (TPSA) is 16.3 Å². The minimum atomic E-state index is -0.670. The first kappa shape index (κ1) is 57.2.